The van der Waals surface area contributed by atoms with Crippen LogP contribution in [0.15, 0.2) is 18.2 Å². The fourth-order valence-electron chi connectivity index (χ4n) is 3.71. The Hall–Kier alpha value is -1.33. The van der Waals surface area contributed by atoms with Crippen LogP contribution in [0.1, 0.15) is 82.6 Å². The molecule has 1 heterocycles. The predicted molar refractivity (Wildman–Crippen MR) is 104 cm³/mol. The van der Waals surface area contributed by atoms with Crippen LogP contribution in [-0.2, 0) is 14.0 Å². The highest BCUT2D eigenvalue weighted by molar-refractivity contribution is 6.63. The summed E-state index contributed by atoms with van der Waals surface area (Å²) in [5.74, 6) is -0.279. The molecule has 4 nitrogen and oxygen atoms in total. The number of benzene rings is 1. The van der Waals surface area contributed by atoms with Gasteiger partial charge in [-0.05, 0) is 78.8 Å². The lowest BCUT2D eigenvalue weighted by molar-refractivity contribution is -0.0268. The minimum absolute atomic E-state index is 0.279. The van der Waals surface area contributed by atoms with E-state index in [-0.39, 0.29) is 11.6 Å². The van der Waals surface area contributed by atoms with Crippen LogP contribution in [0, 0.1) is 6.92 Å². The Labute approximate surface area is 157 Å². The van der Waals surface area contributed by atoms with Crippen molar-refractivity contribution in [1.82, 2.24) is 0 Å². The largest absolute Gasteiger partial charge is 0.495 e. The number of hydrogen-bond donors (Lipinski definition) is 0. The highest BCUT2D eigenvalue weighted by atomic mass is 16.7. The van der Waals surface area contributed by atoms with E-state index in [9.17, 15) is 4.79 Å². The maximum Gasteiger partial charge on any atom is 0.495 e. The van der Waals surface area contributed by atoms with Gasteiger partial charge in [0.15, 0.2) is 0 Å². The van der Waals surface area contributed by atoms with Crippen molar-refractivity contribution in [3.8, 4) is 0 Å². The van der Waals surface area contributed by atoms with Crippen LogP contribution >= 0.6 is 0 Å². The van der Waals surface area contributed by atoms with E-state index in [4.69, 9.17) is 14.0 Å². The monoisotopic (exact) mass is 358 g/mol. The van der Waals surface area contributed by atoms with Gasteiger partial charge in [-0.1, -0.05) is 24.1 Å². The SMILES string of the molecule is Cc1ccc(C(=O)OC2(C)CCCCC2)c(B2OC(C)(C)C(C)(C)O2)c1. The van der Waals surface area contributed by atoms with Gasteiger partial charge < -0.3 is 14.0 Å². The topological polar surface area (TPSA) is 44.8 Å². The molecule has 5 heteroatoms. The molecule has 0 unspecified atom stereocenters. The lowest BCUT2D eigenvalue weighted by Gasteiger charge is -2.33. The molecular weight excluding hydrogens is 327 g/mol. The summed E-state index contributed by atoms with van der Waals surface area (Å²) >= 11 is 0. The number of hydrogen-bond acceptors (Lipinski definition) is 4. The lowest BCUT2D eigenvalue weighted by Crippen LogP contribution is -2.41. The van der Waals surface area contributed by atoms with Crippen LogP contribution < -0.4 is 5.46 Å². The van der Waals surface area contributed by atoms with Gasteiger partial charge in [-0.2, -0.15) is 0 Å². The third-order valence-electron chi connectivity index (χ3n) is 6.18. The fourth-order valence-corrected chi connectivity index (χ4v) is 3.71. The van der Waals surface area contributed by atoms with Crippen LogP contribution in [0.4, 0.5) is 0 Å². The number of esters is 1. The molecule has 142 valence electrons. The Kier molecular flexibility index (Phi) is 5.00. The quantitative estimate of drug-likeness (QED) is 0.601. The molecule has 1 aromatic rings. The van der Waals surface area contributed by atoms with Gasteiger partial charge in [0.2, 0.25) is 0 Å². The van der Waals surface area contributed by atoms with Crippen LogP contribution in [0.2, 0.25) is 0 Å². The molecule has 1 saturated heterocycles. The normalized spacial score (nSPS) is 23.7. The van der Waals surface area contributed by atoms with Crippen LogP contribution in [0.5, 0.6) is 0 Å². The number of carbonyl (C=O) groups excluding carboxylic acids is 1. The second-order valence-electron chi connectivity index (χ2n) is 9.08. The first-order chi connectivity index (χ1) is 12.0. The zero-order valence-electron chi connectivity index (χ0n) is 17.0. The number of ether oxygens (including phenoxy) is 1. The van der Waals surface area contributed by atoms with E-state index in [1.165, 1.54) is 6.42 Å². The second kappa shape index (κ2) is 6.68. The Morgan fingerprint density at radius 1 is 1.00 bits per heavy atom. The maximum atomic E-state index is 13.0. The van der Waals surface area contributed by atoms with E-state index in [0.29, 0.717) is 5.56 Å². The molecule has 0 aromatic heterocycles. The molecular formula is C21H31BO4. The molecule has 2 fully saturated rings. The molecule has 0 amide bonds. The summed E-state index contributed by atoms with van der Waals surface area (Å²) in [7, 11) is -0.568. The molecule has 3 rings (SSSR count). The van der Waals surface area contributed by atoms with Crippen molar-refractivity contribution in [2.24, 2.45) is 0 Å². The average Bonchev–Trinajstić information content (AvgIpc) is 2.75. The molecule has 0 bridgehead atoms. The molecule has 0 N–H and O–H groups in total. The van der Waals surface area contributed by atoms with Gasteiger partial charge in [-0.25, -0.2) is 4.79 Å². The smallest absolute Gasteiger partial charge is 0.456 e. The van der Waals surface area contributed by atoms with Crippen molar-refractivity contribution >= 4 is 18.6 Å². The fraction of sp³-hybridized carbons (Fsp3) is 0.667. The molecule has 2 aliphatic rings. The molecule has 1 aromatic carbocycles. The summed E-state index contributed by atoms with van der Waals surface area (Å²) in [4.78, 5) is 13.0. The standard InChI is InChI=1S/C21H31BO4/c1-15-10-11-16(18(23)24-21(6)12-8-7-9-13-21)17(14-15)22-25-19(2,3)20(4,5)26-22/h10-11,14H,7-9,12-13H2,1-6H3. The highest BCUT2D eigenvalue weighted by Crippen LogP contribution is 2.37. The van der Waals surface area contributed by atoms with Gasteiger partial charge in [0, 0.05) is 0 Å². The Morgan fingerprint density at radius 2 is 1.58 bits per heavy atom. The molecule has 26 heavy (non-hydrogen) atoms. The second-order valence-corrected chi connectivity index (χ2v) is 9.08. The van der Waals surface area contributed by atoms with Gasteiger partial charge in [0.1, 0.15) is 5.60 Å². The molecule has 1 aliphatic carbocycles. The first-order valence-corrected chi connectivity index (χ1v) is 9.73. The average molecular weight is 358 g/mol. The van der Waals surface area contributed by atoms with Crippen molar-refractivity contribution in [3.05, 3.63) is 29.3 Å². The first kappa shape index (κ1) is 19.4. The minimum Gasteiger partial charge on any atom is -0.456 e. The van der Waals surface area contributed by atoms with Crippen molar-refractivity contribution < 1.29 is 18.8 Å². The summed E-state index contributed by atoms with van der Waals surface area (Å²) in [6.07, 6.45) is 5.30. The first-order valence-electron chi connectivity index (χ1n) is 9.73. The minimum atomic E-state index is -0.568. The van der Waals surface area contributed by atoms with E-state index in [1.807, 2.05) is 59.7 Å². The number of carbonyl (C=O) groups is 1. The third-order valence-corrected chi connectivity index (χ3v) is 6.18. The van der Waals surface area contributed by atoms with E-state index < -0.39 is 18.3 Å². The summed E-state index contributed by atoms with van der Waals surface area (Å²) in [5, 5.41) is 0. The zero-order valence-corrected chi connectivity index (χ0v) is 17.0. The van der Waals surface area contributed by atoms with Gasteiger partial charge >= 0.3 is 13.1 Å². The van der Waals surface area contributed by atoms with Gasteiger partial charge in [0.25, 0.3) is 0 Å². The molecule has 0 radical (unpaired) electrons. The van der Waals surface area contributed by atoms with Crippen LogP contribution in [0.25, 0.3) is 0 Å². The van der Waals surface area contributed by atoms with Crippen LogP contribution in [-0.4, -0.2) is 29.9 Å². The number of rotatable bonds is 3. The van der Waals surface area contributed by atoms with Crippen molar-refractivity contribution in [2.45, 2.75) is 90.4 Å². The van der Waals surface area contributed by atoms with Crippen molar-refractivity contribution in [3.63, 3.8) is 0 Å². The van der Waals surface area contributed by atoms with Crippen molar-refractivity contribution in [1.29, 1.82) is 0 Å². The predicted octanol–water partition coefficient (Wildman–Crippen LogP) is 4.17. The summed E-state index contributed by atoms with van der Waals surface area (Å²) in [5.41, 5.74) is 1.10. The lowest BCUT2D eigenvalue weighted by atomic mass is 9.75. The summed E-state index contributed by atoms with van der Waals surface area (Å²) in [6, 6.07) is 5.75. The Bertz CT molecular complexity index is 673. The summed E-state index contributed by atoms with van der Waals surface area (Å²) < 4.78 is 18.3. The van der Waals surface area contributed by atoms with E-state index in [0.717, 1.165) is 36.7 Å². The zero-order chi connectivity index (χ0) is 19.2. The van der Waals surface area contributed by atoms with E-state index in [1.54, 1.807) is 0 Å². The molecule has 0 spiro atoms. The van der Waals surface area contributed by atoms with E-state index in [2.05, 4.69) is 0 Å². The Balaban J connectivity index is 1.88. The summed E-state index contributed by atoms with van der Waals surface area (Å²) in [6.45, 7) is 12.1. The van der Waals surface area contributed by atoms with Crippen LogP contribution in [0.3, 0.4) is 0 Å². The Morgan fingerprint density at radius 3 is 2.15 bits per heavy atom. The third kappa shape index (κ3) is 3.70. The molecule has 1 saturated carbocycles. The molecule has 0 atom stereocenters. The number of aryl methyl sites for hydroxylation is 1. The maximum absolute atomic E-state index is 13.0. The van der Waals surface area contributed by atoms with Crippen molar-refractivity contribution in [2.75, 3.05) is 0 Å². The van der Waals surface area contributed by atoms with E-state index >= 15 is 0 Å². The van der Waals surface area contributed by atoms with Gasteiger partial charge in [0.05, 0.1) is 16.8 Å². The van der Waals surface area contributed by atoms with Gasteiger partial charge in [-0.3, -0.25) is 0 Å². The molecule has 1 aliphatic heterocycles. The highest BCUT2D eigenvalue weighted by Gasteiger charge is 2.52. The van der Waals surface area contributed by atoms with Gasteiger partial charge in [-0.15, -0.1) is 0 Å².